The van der Waals surface area contributed by atoms with Crippen molar-refractivity contribution >= 4 is 43.7 Å². The van der Waals surface area contributed by atoms with Crippen LogP contribution in [0.1, 0.15) is 0 Å². The minimum absolute atomic E-state index is 0.581. The van der Waals surface area contributed by atoms with E-state index in [4.69, 9.17) is 19.4 Å². The van der Waals surface area contributed by atoms with Crippen LogP contribution in [0.25, 0.3) is 106 Å². The lowest BCUT2D eigenvalue weighted by atomic mass is 9.99. The first-order chi connectivity index (χ1) is 27.8. The highest BCUT2D eigenvalue weighted by molar-refractivity contribution is 6.17. The predicted octanol–water partition coefficient (Wildman–Crippen LogP) is 13.2. The van der Waals surface area contributed by atoms with Gasteiger partial charge in [0.25, 0.3) is 0 Å². The van der Waals surface area contributed by atoms with Gasteiger partial charge in [-0.3, -0.25) is 0 Å². The normalized spacial score (nSPS) is 11.6. The summed E-state index contributed by atoms with van der Waals surface area (Å²) in [5.41, 5.74) is 12.2. The Morgan fingerprint density at radius 2 is 0.911 bits per heavy atom. The van der Waals surface area contributed by atoms with E-state index in [0.29, 0.717) is 17.5 Å². The van der Waals surface area contributed by atoms with E-state index >= 15 is 0 Å². The number of para-hydroxylation sites is 2. The van der Waals surface area contributed by atoms with Gasteiger partial charge in [0.05, 0.1) is 16.7 Å². The van der Waals surface area contributed by atoms with E-state index in [1.54, 1.807) is 0 Å². The van der Waals surface area contributed by atoms with E-state index in [9.17, 15) is 0 Å². The summed E-state index contributed by atoms with van der Waals surface area (Å²) in [6.45, 7) is 0. The molecule has 0 amide bonds. The molecule has 0 radical (unpaired) electrons. The number of aromatic nitrogens is 4. The van der Waals surface area contributed by atoms with Gasteiger partial charge in [-0.1, -0.05) is 158 Å². The second-order valence-corrected chi connectivity index (χ2v) is 14.0. The van der Waals surface area contributed by atoms with Crippen LogP contribution in [0.3, 0.4) is 0 Å². The maximum absolute atomic E-state index is 6.88. The van der Waals surface area contributed by atoms with Crippen molar-refractivity contribution in [3.63, 3.8) is 0 Å². The second kappa shape index (κ2) is 13.0. The van der Waals surface area contributed by atoms with Gasteiger partial charge in [-0.2, -0.15) is 0 Å². The zero-order chi connectivity index (χ0) is 37.0. The molecular formula is C51H32N4O. The lowest BCUT2D eigenvalue weighted by molar-refractivity contribution is 0.666. The SMILES string of the molecule is c1ccc(-c2cccc(-c3nc(-c4ccccc4)nc(-c4ccc5c(c4)oc4c(-n6c7ccccc7c7c(-c8ccccc8)cccc76)cccc45)n3)c2)cc1. The van der Waals surface area contributed by atoms with Crippen molar-refractivity contribution in [3.8, 4) is 62.1 Å². The lowest BCUT2D eigenvalue weighted by Crippen LogP contribution is -2.00. The van der Waals surface area contributed by atoms with Crippen LogP contribution in [0.5, 0.6) is 0 Å². The topological polar surface area (TPSA) is 56.7 Å². The largest absolute Gasteiger partial charge is 0.454 e. The van der Waals surface area contributed by atoms with E-state index in [1.807, 2.05) is 36.4 Å². The molecule has 3 aromatic heterocycles. The molecule has 11 rings (SSSR count). The summed E-state index contributed by atoms with van der Waals surface area (Å²) in [6.07, 6.45) is 0. The standard InChI is InChI=1S/C51H32N4O/c1-4-15-33(16-5-1)36-21-12-22-37(31-36)50-52-49(35-19-8-3-9-20-35)53-51(54-50)38-29-30-40-41-25-14-28-45(48(41)56-46(40)32-38)55-43-26-11-10-23-42(43)47-39(24-13-27-44(47)55)34-17-6-2-7-18-34/h1-32H. The molecule has 0 saturated carbocycles. The average Bonchev–Trinajstić information content (AvgIpc) is 3.83. The zero-order valence-electron chi connectivity index (χ0n) is 30.2. The predicted molar refractivity (Wildman–Crippen MR) is 229 cm³/mol. The first-order valence-electron chi connectivity index (χ1n) is 18.8. The summed E-state index contributed by atoms with van der Waals surface area (Å²) < 4.78 is 9.23. The van der Waals surface area contributed by atoms with Gasteiger partial charge in [-0.15, -0.1) is 0 Å². The number of hydrogen-bond donors (Lipinski definition) is 0. The van der Waals surface area contributed by atoms with Crippen LogP contribution in [-0.4, -0.2) is 19.5 Å². The van der Waals surface area contributed by atoms with Crippen LogP contribution >= 0.6 is 0 Å². The monoisotopic (exact) mass is 716 g/mol. The van der Waals surface area contributed by atoms with E-state index in [-0.39, 0.29) is 0 Å². The molecule has 0 atom stereocenters. The minimum atomic E-state index is 0.581. The number of rotatable bonds is 6. The molecule has 0 aliphatic rings. The maximum Gasteiger partial charge on any atom is 0.164 e. The van der Waals surface area contributed by atoms with Gasteiger partial charge in [0, 0.05) is 38.2 Å². The van der Waals surface area contributed by atoms with Crippen LogP contribution in [0, 0.1) is 0 Å². The van der Waals surface area contributed by atoms with Gasteiger partial charge in [-0.05, 0) is 58.7 Å². The third-order valence-corrected chi connectivity index (χ3v) is 10.7. The number of fused-ring (bicyclic) bond motifs is 6. The molecule has 8 aromatic carbocycles. The Morgan fingerprint density at radius 1 is 0.357 bits per heavy atom. The molecule has 3 heterocycles. The molecule has 0 fully saturated rings. The molecular weight excluding hydrogens is 685 g/mol. The first kappa shape index (κ1) is 31.9. The number of benzene rings is 8. The van der Waals surface area contributed by atoms with Gasteiger partial charge >= 0.3 is 0 Å². The summed E-state index contributed by atoms with van der Waals surface area (Å²) in [7, 11) is 0. The molecule has 0 aliphatic carbocycles. The van der Waals surface area contributed by atoms with E-state index < -0.39 is 0 Å². The highest BCUT2D eigenvalue weighted by atomic mass is 16.3. The zero-order valence-corrected chi connectivity index (χ0v) is 30.2. The third-order valence-electron chi connectivity index (χ3n) is 10.7. The molecule has 0 N–H and O–H groups in total. The summed E-state index contributed by atoms with van der Waals surface area (Å²) >= 11 is 0. The Balaban J connectivity index is 1.08. The quantitative estimate of drug-likeness (QED) is 0.172. The fraction of sp³-hybridized carbons (Fsp3) is 0. The number of furan rings is 1. The van der Waals surface area contributed by atoms with Crippen molar-refractivity contribution in [2.75, 3.05) is 0 Å². The van der Waals surface area contributed by atoms with Crippen molar-refractivity contribution in [2.45, 2.75) is 0 Å². The molecule has 56 heavy (non-hydrogen) atoms. The van der Waals surface area contributed by atoms with Crippen LogP contribution < -0.4 is 0 Å². The summed E-state index contributed by atoms with van der Waals surface area (Å²) in [6, 6.07) is 67.3. The lowest BCUT2D eigenvalue weighted by Gasteiger charge is -2.09. The fourth-order valence-corrected chi connectivity index (χ4v) is 8.05. The van der Waals surface area contributed by atoms with Crippen molar-refractivity contribution in [1.82, 2.24) is 19.5 Å². The van der Waals surface area contributed by atoms with E-state index in [2.05, 4.69) is 162 Å². The fourth-order valence-electron chi connectivity index (χ4n) is 8.05. The Kier molecular flexibility index (Phi) is 7.42. The van der Waals surface area contributed by atoms with Gasteiger partial charge in [0.1, 0.15) is 5.58 Å². The maximum atomic E-state index is 6.88. The number of hydrogen-bond acceptors (Lipinski definition) is 4. The van der Waals surface area contributed by atoms with Crippen LogP contribution in [0.2, 0.25) is 0 Å². The summed E-state index contributed by atoms with van der Waals surface area (Å²) in [5, 5.41) is 4.50. The molecule has 5 heteroatoms. The molecule has 0 spiro atoms. The Hall–Kier alpha value is -7.63. The average molecular weight is 717 g/mol. The van der Waals surface area contributed by atoms with Gasteiger partial charge < -0.3 is 8.98 Å². The Morgan fingerprint density at radius 3 is 1.68 bits per heavy atom. The van der Waals surface area contributed by atoms with Gasteiger partial charge in [0.15, 0.2) is 23.1 Å². The van der Waals surface area contributed by atoms with Crippen LogP contribution in [-0.2, 0) is 0 Å². The smallest absolute Gasteiger partial charge is 0.164 e. The summed E-state index contributed by atoms with van der Waals surface area (Å²) in [5.74, 6) is 1.81. The second-order valence-electron chi connectivity index (χ2n) is 14.0. The van der Waals surface area contributed by atoms with E-state index in [0.717, 1.165) is 66.5 Å². The molecule has 0 aliphatic heterocycles. The van der Waals surface area contributed by atoms with Crippen molar-refractivity contribution < 1.29 is 4.42 Å². The Bertz CT molecular complexity index is 3240. The molecule has 0 bridgehead atoms. The third kappa shape index (κ3) is 5.29. The highest BCUT2D eigenvalue weighted by Gasteiger charge is 2.20. The first-order valence-corrected chi connectivity index (χ1v) is 18.8. The van der Waals surface area contributed by atoms with Crippen molar-refractivity contribution in [3.05, 3.63) is 194 Å². The summed E-state index contributed by atoms with van der Waals surface area (Å²) in [4.78, 5) is 15.1. The molecule has 0 saturated heterocycles. The van der Waals surface area contributed by atoms with Crippen LogP contribution in [0.15, 0.2) is 199 Å². The van der Waals surface area contributed by atoms with Crippen molar-refractivity contribution in [2.24, 2.45) is 0 Å². The van der Waals surface area contributed by atoms with Gasteiger partial charge in [-0.25, -0.2) is 15.0 Å². The molecule has 11 aromatic rings. The molecule has 5 nitrogen and oxygen atoms in total. The van der Waals surface area contributed by atoms with Crippen molar-refractivity contribution in [1.29, 1.82) is 0 Å². The van der Waals surface area contributed by atoms with E-state index in [1.165, 1.54) is 21.9 Å². The highest BCUT2D eigenvalue weighted by Crippen LogP contribution is 2.42. The van der Waals surface area contributed by atoms with Gasteiger partial charge in [0.2, 0.25) is 0 Å². The molecule has 0 unspecified atom stereocenters. The van der Waals surface area contributed by atoms with Crippen LogP contribution in [0.4, 0.5) is 0 Å². The Labute approximate surface area is 322 Å². The minimum Gasteiger partial charge on any atom is -0.454 e. The molecule has 262 valence electrons. The number of nitrogens with zero attached hydrogens (tertiary/aromatic N) is 4.